The Morgan fingerprint density at radius 2 is 2.03 bits per heavy atom. The van der Waals surface area contributed by atoms with Gasteiger partial charge < -0.3 is 10.1 Å². The first-order chi connectivity index (χ1) is 18.9. The van der Waals surface area contributed by atoms with Gasteiger partial charge in [0.15, 0.2) is 0 Å². The van der Waals surface area contributed by atoms with Crippen molar-refractivity contribution in [2.45, 2.75) is 45.4 Å². The molecule has 1 aliphatic carbocycles. The second kappa shape index (κ2) is 11.0. The standard InChI is InChI=1S/C30H31N7O2/c1-5-39-30(38)24-13-23(24)19-6-8-22(20(12-19)10-11-31)21-7-9-26(33-14-21)25-15-34-37(4)29(25)36-28-17-32-16-27(35-28)18(2)3/h6-9,12,14-18,23-24H,5,10,13H2,1-4H3,(H,35,36). The summed E-state index contributed by atoms with van der Waals surface area (Å²) in [5, 5.41) is 17.2. The number of ether oxygens (including phenoxy) is 1. The van der Waals surface area contributed by atoms with E-state index in [9.17, 15) is 10.1 Å². The lowest BCUT2D eigenvalue weighted by Gasteiger charge is -2.12. The minimum atomic E-state index is -0.142. The Morgan fingerprint density at radius 1 is 1.18 bits per heavy atom. The summed E-state index contributed by atoms with van der Waals surface area (Å²) in [6, 6.07) is 12.4. The molecule has 0 saturated heterocycles. The lowest BCUT2D eigenvalue weighted by molar-refractivity contribution is -0.144. The zero-order chi connectivity index (χ0) is 27.5. The molecular formula is C30H31N7O2. The van der Waals surface area contributed by atoms with E-state index in [-0.39, 0.29) is 30.1 Å². The number of carbonyl (C=O) groups is 1. The van der Waals surface area contributed by atoms with Crippen LogP contribution in [0.1, 0.15) is 55.8 Å². The van der Waals surface area contributed by atoms with Crippen LogP contribution in [0.3, 0.4) is 0 Å². The van der Waals surface area contributed by atoms with Gasteiger partial charge in [-0.25, -0.2) is 4.98 Å². The molecule has 9 heteroatoms. The topological polar surface area (TPSA) is 119 Å². The van der Waals surface area contributed by atoms with Gasteiger partial charge >= 0.3 is 5.97 Å². The molecule has 2 atom stereocenters. The van der Waals surface area contributed by atoms with Gasteiger partial charge in [0, 0.05) is 25.0 Å². The number of nitrogens with zero attached hydrogens (tertiary/aromatic N) is 6. The molecule has 1 aromatic carbocycles. The molecule has 198 valence electrons. The van der Waals surface area contributed by atoms with Crippen LogP contribution in [0.5, 0.6) is 0 Å². The van der Waals surface area contributed by atoms with Crippen LogP contribution in [0.4, 0.5) is 11.6 Å². The highest BCUT2D eigenvalue weighted by atomic mass is 16.5. The van der Waals surface area contributed by atoms with Crippen molar-refractivity contribution in [2.24, 2.45) is 13.0 Å². The molecule has 1 fully saturated rings. The zero-order valence-electron chi connectivity index (χ0n) is 22.5. The van der Waals surface area contributed by atoms with Gasteiger partial charge in [0.05, 0.1) is 54.4 Å². The highest BCUT2D eigenvalue weighted by Gasteiger charge is 2.45. The maximum absolute atomic E-state index is 12.1. The normalized spacial score (nSPS) is 16.1. The predicted molar refractivity (Wildman–Crippen MR) is 148 cm³/mol. The monoisotopic (exact) mass is 521 g/mol. The number of aryl methyl sites for hydroxylation is 1. The first-order valence-corrected chi connectivity index (χ1v) is 13.1. The summed E-state index contributed by atoms with van der Waals surface area (Å²) < 4.78 is 6.93. The number of rotatable bonds is 9. The highest BCUT2D eigenvalue weighted by molar-refractivity contribution is 5.79. The fourth-order valence-corrected chi connectivity index (χ4v) is 4.76. The number of hydrogen-bond donors (Lipinski definition) is 1. The minimum absolute atomic E-state index is 0.0900. The fraction of sp³-hybridized carbons (Fsp3) is 0.333. The Bertz CT molecular complexity index is 1540. The summed E-state index contributed by atoms with van der Waals surface area (Å²) in [5.41, 5.74) is 6.38. The molecule has 1 saturated carbocycles. The number of nitrogens with one attached hydrogen (secondary N) is 1. The van der Waals surface area contributed by atoms with Crippen molar-refractivity contribution in [3.63, 3.8) is 0 Å². The molecule has 3 heterocycles. The van der Waals surface area contributed by atoms with Crippen molar-refractivity contribution in [2.75, 3.05) is 11.9 Å². The van der Waals surface area contributed by atoms with Gasteiger partial charge in [-0.05, 0) is 47.9 Å². The molecule has 0 aliphatic heterocycles. The molecule has 39 heavy (non-hydrogen) atoms. The molecule has 9 nitrogen and oxygen atoms in total. The van der Waals surface area contributed by atoms with Crippen molar-refractivity contribution >= 4 is 17.6 Å². The maximum atomic E-state index is 12.1. The molecule has 0 radical (unpaired) electrons. The van der Waals surface area contributed by atoms with Crippen LogP contribution in [-0.2, 0) is 23.0 Å². The van der Waals surface area contributed by atoms with Gasteiger partial charge in [-0.3, -0.25) is 19.4 Å². The Balaban J connectivity index is 1.39. The molecule has 1 N–H and O–H groups in total. The van der Waals surface area contributed by atoms with E-state index in [1.165, 1.54) is 0 Å². The average Bonchev–Trinajstić information content (AvgIpc) is 3.67. The third-order valence-electron chi connectivity index (χ3n) is 6.99. The molecule has 3 aromatic heterocycles. The summed E-state index contributed by atoms with van der Waals surface area (Å²) in [6.45, 7) is 6.37. The third kappa shape index (κ3) is 5.50. The molecule has 1 aliphatic rings. The van der Waals surface area contributed by atoms with Crippen molar-refractivity contribution < 1.29 is 9.53 Å². The Morgan fingerprint density at radius 3 is 2.74 bits per heavy atom. The molecule has 2 unspecified atom stereocenters. The van der Waals surface area contributed by atoms with Crippen LogP contribution in [-0.4, -0.2) is 37.3 Å². The third-order valence-corrected chi connectivity index (χ3v) is 6.99. The molecule has 4 aromatic rings. The van der Waals surface area contributed by atoms with Crippen LogP contribution in [0.2, 0.25) is 0 Å². The Hall–Kier alpha value is -4.58. The van der Waals surface area contributed by atoms with Crippen LogP contribution in [0, 0.1) is 17.2 Å². The number of anilines is 2. The van der Waals surface area contributed by atoms with E-state index in [2.05, 4.69) is 40.3 Å². The largest absolute Gasteiger partial charge is 0.466 e. The number of esters is 1. The van der Waals surface area contributed by atoms with E-state index >= 15 is 0 Å². The fourth-order valence-electron chi connectivity index (χ4n) is 4.76. The average molecular weight is 522 g/mol. The summed E-state index contributed by atoms with van der Waals surface area (Å²) >= 11 is 0. The van der Waals surface area contributed by atoms with E-state index in [4.69, 9.17) is 9.72 Å². The summed E-state index contributed by atoms with van der Waals surface area (Å²) in [6.07, 6.45) is 8.12. The maximum Gasteiger partial charge on any atom is 0.309 e. The highest BCUT2D eigenvalue weighted by Crippen LogP contribution is 2.49. The van der Waals surface area contributed by atoms with Crippen molar-refractivity contribution in [1.82, 2.24) is 24.7 Å². The van der Waals surface area contributed by atoms with E-state index in [0.717, 1.165) is 51.4 Å². The predicted octanol–water partition coefficient (Wildman–Crippen LogP) is 5.54. The number of hydrogen-bond acceptors (Lipinski definition) is 8. The number of aromatic nitrogens is 5. The summed E-state index contributed by atoms with van der Waals surface area (Å²) in [7, 11) is 1.86. The lowest BCUT2D eigenvalue weighted by atomic mass is 9.94. The molecule has 0 amide bonds. The molecule has 5 rings (SSSR count). The summed E-state index contributed by atoms with van der Waals surface area (Å²) in [5.74, 6) is 1.59. The van der Waals surface area contributed by atoms with Gasteiger partial charge in [-0.15, -0.1) is 0 Å². The van der Waals surface area contributed by atoms with Crippen LogP contribution in [0.15, 0.2) is 55.1 Å². The number of pyridine rings is 1. The van der Waals surface area contributed by atoms with E-state index < -0.39 is 0 Å². The van der Waals surface area contributed by atoms with Gasteiger partial charge in [-0.2, -0.15) is 10.4 Å². The molecule has 0 spiro atoms. The van der Waals surface area contributed by atoms with Crippen LogP contribution in [0.25, 0.3) is 22.4 Å². The zero-order valence-corrected chi connectivity index (χ0v) is 22.5. The van der Waals surface area contributed by atoms with Gasteiger partial charge in [0.25, 0.3) is 0 Å². The van der Waals surface area contributed by atoms with Gasteiger partial charge in [0.2, 0.25) is 0 Å². The molecule has 0 bridgehead atoms. The Labute approximate surface area is 227 Å². The van der Waals surface area contributed by atoms with E-state index in [0.29, 0.717) is 12.4 Å². The Kier molecular flexibility index (Phi) is 7.37. The van der Waals surface area contributed by atoms with Crippen molar-refractivity contribution in [1.29, 1.82) is 5.26 Å². The van der Waals surface area contributed by atoms with Gasteiger partial charge in [-0.1, -0.05) is 38.1 Å². The van der Waals surface area contributed by atoms with Crippen molar-refractivity contribution in [3.05, 3.63) is 71.9 Å². The van der Waals surface area contributed by atoms with E-state index in [1.54, 1.807) is 23.3 Å². The number of nitriles is 1. The van der Waals surface area contributed by atoms with E-state index in [1.807, 2.05) is 50.5 Å². The smallest absolute Gasteiger partial charge is 0.309 e. The summed E-state index contributed by atoms with van der Waals surface area (Å²) in [4.78, 5) is 25.8. The van der Waals surface area contributed by atoms with Crippen molar-refractivity contribution in [3.8, 4) is 28.5 Å². The SMILES string of the molecule is CCOC(=O)C1CC1c1ccc(-c2ccc(-c3cnn(C)c3Nc3cncc(C(C)C)n3)nc2)c(CC#N)c1. The minimum Gasteiger partial charge on any atom is -0.466 e. The van der Waals surface area contributed by atoms with Crippen LogP contribution >= 0.6 is 0 Å². The quantitative estimate of drug-likeness (QED) is 0.285. The number of carbonyl (C=O) groups excluding carboxylic acids is 1. The lowest BCUT2D eigenvalue weighted by Crippen LogP contribution is -2.07. The molecular weight excluding hydrogens is 490 g/mol. The first-order valence-electron chi connectivity index (χ1n) is 13.1. The number of benzene rings is 1. The second-order valence-corrected chi connectivity index (χ2v) is 10.0. The first kappa shape index (κ1) is 26.0. The second-order valence-electron chi connectivity index (χ2n) is 10.0. The van der Waals surface area contributed by atoms with Gasteiger partial charge in [0.1, 0.15) is 11.6 Å². The van der Waals surface area contributed by atoms with Crippen LogP contribution < -0.4 is 5.32 Å².